The molecule has 0 radical (unpaired) electrons. The molecular weight excluding hydrogens is 354 g/mol. The first-order valence-corrected chi connectivity index (χ1v) is 10.7. The third-order valence-electron chi connectivity index (χ3n) is 6.56. The minimum Gasteiger partial charge on any atom is -0.342 e. The van der Waals surface area contributed by atoms with Gasteiger partial charge in [-0.3, -0.25) is 14.5 Å². The molecule has 0 aliphatic carbocycles. The van der Waals surface area contributed by atoms with Gasteiger partial charge in [-0.15, -0.1) is 0 Å². The number of carbonyl (C=O) groups excluding carboxylic acids is 2. The summed E-state index contributed by atoms with van der Waals surface area (Å²) in [5, 5.41) is 0. The molecule has 2 saturated heterocycles. The number of nitrogens with zero attached hydrogens (tertiary/aromatic N) is 5. The van der Waals surface area contributed by atoms with Gasteiger partial charge in [-0.1, -0.05) is 6.42 Å². The summed E-state index contributed by atoms with van der Waals surface area (Å²) in [7, 11) is 0. The monoisotopic (exact) mass is 385 g/mol. The van der Waals surface area contributed by atoms with Crippen molar-refractivity contribution in [3.8, 4) is 0 Å². The SMILES string of the molecule is CC(=O)N1CCC(c2ncc3c(n2)CCN(C(=O)C(C)N2CCCCC2)C3)C1. The zero-order valence-corrected chi connectivity index (χ0v) is 17.1. The van der Waals surface area contributed by atoms with Crippen LogP contribution >= 0.6 is 0 Å². The summed E-state index contributed by atoms with van der Waals surface area (Å²) >= 11 is 0. The molecule has 3 aliphatic rings. The highest BCUT2D eigenvalue weighted by molar-refractivity contribution is 5.81. The molecular formula is C21H31N5O2. The molecule has 1 aromatic rings. The second-order valence-electron chi connectivity index (χ2n) is 8.43. The molecule has 2 unspecified atom stereocenters. The van der Waals surface area contributed by atoms with Gasteiger partial charge in [-0.05, 0) is 39.3 Å². The summed E-state index contributed by atoms with van der Waals surface area (Å²) in [5.41, 5.74) is 2.14. The van der Waals surface area contributed by atoms with Gasteiger partial charge in [0.25, 0.3) is 0 Å². The van der Waals surface area contributed by atoms with E-state index in [0.717, 1.165) is 56.1 Å². The fraction of sp³-hybridized carbons (Fsp3) is 0.714. The van der Waals surface area contributed by atoms with E-state index >= 15 is 0 Å². The van der Waals surface area contributed by atoms with Crippen molar-refractivity contribution in [2.45, 2.75) is 64.5 Å². The highest BCUT2D eigenvalue weighted by Crippen LogP contribution is 2.27. The van der Waals surface area contributed by atoms with Crippen molar-refractivity contribution in [3.63, 3.8) is 0 Å². The van der Waals surface area contributed by atoms with Crippen LogP contribution in [0.1, 0.15) is 62.5 Å². The largest absolute Gasteiger partial charge is 0.342 e. The van der Waals surface area contributed by atoms with Crippen LogP contribution in [-0.2, 0) is 22.6 Å². The number of amides is 2. The van der Waals surface area contributed by atoms with Crippen molar-refractivity contribution in [2.75, 3.05) is 32.7 Å². The summed E-state index contributed by atoms with van der Waals surface area (Å²) in [4.78, 5) is 40.1. The van der Waals surface area contributed by atoms with E-state index in [1.54, 1.807) is 6.92 Å². The molecule has 0 N–H and O–H groups in total. The lowest BCUT2D eigenvalue weighted by molar-refractivity contribution is -0.137. The minimum atomic E-state index is -0.0434. The molecule has 4 rings (SSSR count). The quantitative estimate of drug-likeness (QED) is 0.790. The molecule has 0 aromatic carbocycles. The first-order valence-electron chi connectivity index (χ1n) is 10.7. The zero-order chi connectivity index (χ0) is 19.7. The maximum absolute atomic E-state index is 13.0. The van der Waals surface area contributed by atoms with E-state index in [1.807, 2.05) is 22.9 Å². The molecule has 7 heteroatoms. The van der Waals surface area contributed by atoms with Crippen molar-refractivity contribution in [1.29, 1.82) is 0 Å². The molecule has 2 fully saturated rings. The van der Waals surface area contributed by atoms with Gasteiger partial charge in [-0.25, -0.2) is 9.97 Å². The Kier molecular flexibility index (Phi) is 5.62. The van der Waals surface area contributed by atoms with Crippen LogP contribution in [0.25, 0.3) is 0 Å². The predicted molar refractivity (Wildman–Crippen MR) is 106 cm³/mol. The van der Waals surface area contributed by atoms with Gasteiger partial charge < -0.3 is 9.80 Å². The van der Waals surface area contributed by atoms with Gasteiger partial charge >= 0.3 is 0 Å². The topological polar surface area (TPSA) is 69.6 Å². The summed E-state index contributed by atoms with van der Waals surface area (Å²) in [6.07, 6.45) is 7.28. The Balaban J connectivity index is 1.40. The van der Waals surface area contributed by atoms with Crippen LogP contribution in [0.4, 0.5) is 0 Å². The van der Waals surface area contributed by atoms with Crippen LogP contribution in [0, 0.1) is 0 Å². The fourth-order valence-electron chi connectivity index (χ4n) is 4.70. The van der Waals surface area contributed by atoms with Gasteiger partial charge in [0.05, 0.1) is 11.7 Å². The molecule has 0 bridgehead atoms. The maximum atomic E-state index is 13.0. The molecule has 28 heavy (non-hydrogen) atoms. The smallest absolute Gasteiger partial charge is 0.239 e. The third-order valence-corrected chi connectivity index (χ3v) is 6.56. The lowest BCUT2D eigenvalue weighted by atomic mass is 10.0. The van der Waals surface area contributed by atoms with E-state index in [4.69, 9.17) is 4.98 Å². The Labute approximate surface area is 167 Å². The molecule has 3 aliphatic heterocycles. The van der Waals surface area contributed by atoms with Crippen LogP contribution in [0.15, 0.2) is 6.20 Å². The first kappa shape index (κ1) is 19.3. The van der Waals surface area contributed by atoms with Crippen molar-refractivity contribution in [2.24, 2.45) is 0 Å². The number of likely N-dealkylation sites (tertiary alicyclic amines) is 2. The van der Waals surface area contributed by atoms with E-state index in [1.165, 1.54) is 19.3 Å². The third kappa shape index (κ3) is 3.90. The standard InChI is InChI=1S/C21H31N5O2/c1-15(24-8-4-3-5-9-24)21(28)26-11-7-19-18(14-26)12-22-20(23-19)17-6-10-25(13-17)16(2)27/h12,15,17H,3-11,13-14H2,1-2H3. The molecule has 2 amide bonds. The maximum Gasteiger partial charge on any atom is 0.239 e. The average Bonchev–Trinajstić information content (AvgIpc) is 3.23. The average molecular weight is 386 g/mol. The van der Waals surface area contributed by atoms with Crippen LogP contribution in [0.2, 0.25) is 0 Å². The molecule has 0 spiro atoms. The van der Waals surface area contributed by atoms with Gasteiger partial charge in [0.2, 0.25) is 11.8 Å². The number of piperidine rings is 1. The molecule has 7 nitrogen and oxygen atoms in total. The number of rotatable bonds is 3. The number of fused-ring (bicyclic) bond motifs is 1. The fourth-order valence-corrected chi connectivity index (χ4v) is 4.70. The highest BCUT2D eigenvalue weighted by atomic mass is 16.2. The van der Waals surface area contributed by atoms with Gasteiger partial charge in [0.15, 0.2) is 0 Å². The lowest BCUT2D eigenvalue weighted by Gasteiger charge is -2.36. The lowest BCUT2D eigenvalue weighted by Crippen LogP contribution is -2.50. The van der Waals surface area contributed by atoms with Gasteiger partial charge in [0.1, 0.15) is 5.82 Å². The van der Waals surface area contributed by atoms with Crippen LogP contribution in [-0.4, -0.2) is 75.2 Å². The summed E-state index contributed by atoms with van der Waals surface area (Å²) in [6, 6.07) is -0.0434. The van der Waals surface area contributed by atoms with Crippen molar-refractivity contribution in [1.82, 2.24) is 24.7 Å². The zero-order valence-electron chi connectivity index (χ0n) is 17.1. The molecule has 2 atom stereocenters. The molecule has 4 heterocycles. The van der Waals surface area contributed by atoms with E-state index in [9.17, 15) is 9.59 Å². The van der Waals surface area contributed by atoms with Crippen molar-refractivity contribution < 1.29 is 9.59 Å². The normalized spacial score (nSPS) is 24.1. The second kappa shape index (κ2) is 8.15. The number of aromatic nitrogens is 2. The van der Waals surface area contributed by atoms with Crippen LogP contribution in [0.5, 0.6) is 0 Å². The number of hydrogen-bond acceptors (Lipinski definition) is 5. The Hall–Kier alpha value is -2.02. The van der Waals surface area contributed by atoms with Crippen molar-refractivity contribution >= 4 is 11.8 Å². The molecule has 1 aromatic heterocycles. The van der Waals surface area contributed by atoms with Crippen LogP contribution < -0.4 is 0 Å². The van der Waals surface area contributed by atoms with Gasteiger partial charge in [0, 0.05) is 57.2 Å². The van der Waals surface area contributed by atoms with Crippen molar-refractivity contribution in [3.05, 3.63) is 23.3 Å². The van der Waals surface area contributed by atoms with E-state index < -0.39 is 0 Å². The van der Waals surface area contributed by atoms with E-state index in [0.29, 0.717) is 13.1 Å². The van der Waals surface area contributed by atoms with Crippen LogP contribution in [0.3, 0.4) is 0 Å². The Morgan fingerprint density at radius 2 is 1.89 bits per heavy atom. The minimum absolute atomic E-state index is 0.0434. The summed E-state index contributed by atoms with van der Waals surface area (Å²) in [6.45, 7) is 8.56. The Morgan fingerprint density at radius 3 is 2.61 bits per heavy atom. The van der Waals surface area contributed by atoms with Gasteiger partial charge in [-0.2, -0.15) is 0 Å². The Morgan fingerprint density at radius 1 is 1.11 bits per heavy atom. The molecule has 152 valence electrons. The van der Waals surface area contributed by atoms with E-state index in [-0.39, 0.29) is 23.8 Å². The second-order valence-corrected chi connectivity index (χ2v) is 8.43. The Bertz CT molecular complexity index is 746. The van der Waals surface area contributed by atoms with E-state index in [2.05, 4.69) is 9.88 Å². The predicted octanol–water partition coefficient (Wildman–Crippen LogP) is 1.57. The first-order chi connectivity index (χ1) is 13.5. The molecule has 0 saturated carbocycles. The summed E-state index contributed by atoms with van der Waals surface area (Å²) < 4.78 is 0. The highest BCUT2D eigenvalue weighted by Gasteiger charge is 2.31. The summed E-state index contributed by atoms with van der Waals surface area (Å²) in [5.74, 6) is 1.43. The number of carbonyl (C=O) groups is 2. The number of hydrogen-bond donors (Lipinski definition) is 0.